The molecule has 1 unspecified atom stereocenters. The summed E-state index contributed by atoms with van der Waals surface area (Å²) in [5.74, 6) is -1.67. The zero-order valence-corrected chi connectivity index (χ0v) is 22.8. The van der Waals surface area contributed by atoms with Crippen molar-refractivity contribution >= 4 is 23.9 Å². The molecule has 0 saturated heterocycles. The predicted molar refractivity (Wildman–Crippen MR) is 140 cm³/mol. The fourth-order valence-corrected chi connectivity index (χ4v) is 3.61. The Morgan fingerprint density at radius 2 is 1.62 bits per heavy atom. The third-order valence-electron chi connectivity index (χ3n) is 5.43. The molecular formula is C28H44N2O7. The van der Waals surface area contributed by atoms with Gasteiger partial charge >= 0.3 is 18.0 Å². The third kappa shape index (κ3) is 16.3. The van der Waals surface area contributed by atoms with E-state index in [-0.39, 0.29) is 32.3 Å². The molecule has 9 heteroatoms. The molecule has 208 valence electrons. The van der Waals surface area contributed by atoms with Crippen LogP contribution in [-0.4, -0.2) is 41.7 Å². The minimum atomic E-state index is -1.05. The topological polar surface area (TPSA) is 134 Å². The van der Waals surface area contributed by atoms with Crippen molar-refractivity contribution in [2.45, 2.75) is 116 Å². The molecule has 0 saturated carbocycles. The number of nitrogens with one attached hydrogen (secondary N) is 1. The van der Waals surface area contributed by atoms with Crippen molar-refractivity contribution in [3.8, 4) is 0 Å². The lowest BCUT2D eigenvalue weighted by Crippen LogP contribution is -2.45. The van der Waals surface area contributed by atoms with Gasteiger partial charge in [-0.1, -0.05) is 62.9 Å². The predicted octanol–water partition coefficient (Wildman–Crippen LogP) is 4.94. The molecule has 0 aliphatic heterocycles. The van der Waals surface area contributed by atoms with E-state index < -0.39 is 41.7 Å². The van der Waals surface area contributed by atoms with Crippen LogP contribution in [0.1, 0.15) is 97.5 Å². The first-order valence-corrected chi connectivity index (χ1v) is 13.2. The van der Waals surface area contributed by atoms with Crippen LogP contribution in [0.4, 0.5) is 4.79 Å². The smallest absolute Gasteiger partial charge is 0.408 e. The van der Waals surface area contributed by atoms with E-state index in [0.717, 1.165) is 37.7 Å². The van der Waals surface area contributed by atoms with E-state index in [2.05, 4.69) is 12.2 Å². The lowest BCUT2D eigenvalue weighted by Gasteiger charge is -2.24. The highest BCUT2D eigenvalue weighted by Gasteiger charge is 2.28. The van der Waals surface area contributed by atoms with Gasteiger partial charge < -0.3 is 25.3 Å². The van der Waals surface area contributed by atoms with Crippen molar-refractivity contribution in [1.82, 2.24) is 5.32 Å². The maximum atomic E-state index is 13.0. The van der Waals surface area contributed by atoms with Gasteiger partial charge in [0.15, 0.2) is 0 Å². The number of ether oxygens (including phenoxy) is 3. The Labute approximate surface area is 220 Å². The molecule has 37 heavy (non-hydrogen) atoms. The van der Waals surface area contributed by atoms with Crippen LogP contribution in [0.15, 0.2) is 30.3 Å². The number of hydrogen-bond acceptors (Lipinski definition) is 7. The fourth-order valence-electron chi connectivity index (χ4n) is 3.61. The maximum absolute atomic E-state index is 13.0. The van der Waals surface area contributed by atoms with E-state index in [1.54, 1.807) is 20.8 Å². The van der Waals surface area contributed by atoms with Crippen LogP contribution in [0, 0.1) is 0 Å². The highest BCUT2D eigenvalue weighted by molar-refractivity contribution is 5.82. The fraction of sp³-hybridized carbons (Fsp3) is 0.643. The Hall–Kier alpha value is -3.10. The number of esters is 2. The van der Waals surface area contributed by atoms with E-state index in [9.17, 15) is 19.2 Å². The average Bonchev–Trinajstić information content (AvgIpc) is 2.81. The van der Waals surface area contributed by atoms with Crippen molar-refractivity contribution in [1.29, 1.82) is 0 Å². The van der Waals surface area contributed by atoms with E-state index in [4.69, 9.17) is 19.9 Å². The molecule has 1 aromatic carbocycles. The number of primary amides is 1. The van der Waals surface area contributed by atoms with Gasteiger partial charge in [0.2, 0.25) is 5.91 Å². The van der Waals surface area contributed by atoms with Crippen LogP contribution in [0.5, 0.6) is 0 Å². The molecule has 1 rings (SSSR count). The van der Waals surface area contributed by atoms with E-state index in [1.165, 1.54) is 0 Å². The standard InChI is InChI=1S/C28H44N2O7/c1-5-6-7-8-12-16-22(19-24(29)31)36-26(33)23(30-27(34)37-28(2,3)4)17-13-18-25(32)35-20-21-14-10-9-11-15-21/h9-11,14-15,22-23H,5-8,12-13,16-20H2,1-4H3,(H2,29,31)(H,30,34)/t22?,23-/m0/s1. The molecule has 0 spiro atoms. The summed E-state index contributed by atoms with van der Waals surface area (Å²) in [5, 5.41) is 2.54. The van der Waals surface area contributed by atoms with Crippen molar-refractivity contribution < 1.29 is 33.4 Å². The second-order valence-corrected chi connectivity index (χ2v) is 10.2. The van der Waals surface area contributed by atoms with E-state index in [1.807, 2.05) is 30.3 Å². The second kappa shape index (κ2) is 17.4. The molecule has 9 nitrogen and oxygen atoms in total. The van der Waals surface area contributed by atoms with Gasteiger partial charge in [0.05, 0.1) is 6.42 Å². The van der Waals surface area contributed by atoms with Gasteiger partial charge in [-0.15, -0.1) is 0 Å². The molecule has 1 aromatic rings. The molecule has 0 aliphatic rings. The third-order valence-corrected chi connectivity index (χ3v) is 5.43. The molecule has 0 bridgehead atoms. The summed E-state index contributed by atoms with van der Waals surface area (Å²) >= 11 is 0. The summed E-state index contributed by atoms with van der Waals surface area (Å²) in [6.07, 6.45) is 4.50. The quantitative estimate of drug-likeness (QED) is 0.169. The number of hydrogen-bond donors (Lipinski definition) is 2. The van der Waals surface area contributed by atoms with E-state index >= 15 is 0 Å². The van der Waals surface area contributed by atoms with Crippen molar-refractivity contribution in [2.24, 2.45) is 5.73 Å². The largest absolute Gasteiger partial charge is 0.461 e. The monoisotopic (exact) mass is 520 g/mol. The van der Waals surface area contributed by atoms with Gasteiger partial charge in [-0.2, -0.15) is 0 Å². The summed E-state index contributed by atoms with van der Waals surface area (Å²) in [6, 6.07) is 8.26. The van der Waals surface area contributed by atoms with Crippen LogP contribution >= 0.6 is 0 Å². The average molecular weight is 521 g/mol. The zero-order valence-electron chi connectivity index (χ0n) is 22.8. The van der Waals surface area contributed by atoms with Crippen molar-refractivity contribution in [3.63, 3.8) is 0 Å². The normalized spacial score (nSPS) is 12.8. The number of carbonyl (C=O) groups is 4. The molecule has 2 amide bonds. The second-order valence-electron chi connectivity index (χ2n) is 10.2. The Morgan fingerprint density at radius 3 is 2.24 bits per heavy atom. The number of amides is 2. The Bertz CT molecular complexity index is 837. The Balaban J connectivity index is 2.71. The summed E-state index contributed by atoms with van der Waals surface area (Å²) in [7, 11) is 0. The highest BCUT2D eigenvalue weighted by atomic mass is 16.6. The lowest BCUT2D eigenvalue weighted by atomic mass is 10.1. The van der Waals surface area contributed by atoms with E-state index in [0.29, 0.717) is 6.42 Å². The lowest BCUT2D eigenvalue weighted by molar-refractivity contribution is -0.154. The number of alkyl carbamates (subject to hydrolysis) is 1. The first kappa shape index (κ1) is 31.9. The van der Waals surface area contributed by atoms with Crippen LogP contribution in [0.25, 0.3) is 0 Å². The maximum Gasteiger partial charge on any atom is 0.408 e. The minimum absolute atomic E-state index is 0.0642. The Morgan fingerprint density at radius 1 is 0.946 bits per heavy atom. The van der Waals surface area contributed by atoms with Crippen LogP contribution in [0.2, 0.25) is 0 Å². The van der Waals surface area contributed by atoms with Crippen molar-refractivity contribution in [3.05, 3.63) is 35.9 Å². The first-order chi connectivity index (χ1) is 17.5. The van der Waals surface area contributed by atoms with Crippen LogP contribution in [-0.2, 0) is 35.2 Å². The number of nitrogens with two attached hydrogens (primary N) is 1. The van der Waals surface area contributed by atoms with Gasteiger partial charge in [-0.05, 0) is 52.0 Å². The highest BCUT2D eigenvalue weighted by Crippen LogP contribution is 2.15. The number of rotatable bonds is 17. The molecule has 0 radical (unpaired) electrons. The molecular weight excluding hydrogens is 476 g/mol. The number of carbonyl (C=O) groups excluding carboxylic acids is 4. The zero-order chi connectivity index (χ0) is 27.7. The van der Waals surface area contributed by atoms with Gasteiger partial charge in [-0.3, -0.25) is 9.59 Å². The van der Waals surface area contributed by atoms with Gasteiger partial charge in [0, 0.05) is 6.42 Å². The Kier molecular flexibility index (Phi) is 15.0. The SMILES string of the molecule is CCCCCCCC(CC(N)=O)OC(=O)[C@H](CCCC(=O)OCc1ccccc1)NC(=O)OC(C)(C)C. The molecule has 2 atom stereocenters. The molecule has 0 aromatic heterocycles. The van der Waals surface area contributed by atoms with Crippen LogP contribution in [0.3, 0.4) is 0 Å². The van der Waals surface area contributed by atoms with Crippen LogP contribution < -0.4 is 11.1 Å². The first-order valence-electron chi connectivity index (χ1n) is 13.2. The molecule has 3 N–H and O–H groups in total. The summed E-state index contributed by atoms with van der Waals surface area (Å²) < 4.78 is 16.2. The summed E-state index contributed by atoms with van der Waals surface area (Å²) in [6.45, 7) is 7.42. The number of benzene rings is 1. The van der Waals surface area contributed by atoms with Gasteiger partial charge in [-0.25, -0.2) is 9.59 Å². The summed E-state index contributed by atoms with van der Waals surface area (Å²) in [5.41, 5.74) is 5.48. The summed E-state index contributed by atoms with van der Waals surface area (Å²) in [4.78, 5) is 49.1. The minimum Gasteiger partial charge on any atom is -0.461 e. The molecule has 0 heterocycles. The van der Waals surface area contributed by atoms with Gasteiger partial charge in [0.1, 0.15) is 24.4 Å². The van der Waals surface area contributed by atoms with Crippen molar-refractivity contribution in [2.75, 3.05) is 0 Å². The molecule has 0 fully saturated rings. The molecule has 0 aliphatic carbocycles. The number of unbranched alkanes of at least 4 members (excludes halogenated alkanes) is 4. The van der Waals surface area contributed by atoms with Gasteiger partial charge in [0.25, 0.3) is 0 Å².